The number of pyridine rings is 1. The zero-order valence-electron chi connectivity index (χ0n) is 16.9. The Balaban J connectivity index is 1.44. The predicted octanol–water partition coefficient (Wildman–Crippen LogP) is 2.75. The lowest BCUT2D eigenvalue weighted by molar-refractivity contribution is 0.0990. The fourth-order valence-corrected chi connectivity index (χ4v) is 4.59. The Bertz CT molecular complexity index is 919. The SMILES string of the molecule is CC(C)(C)NC(=O)N1CCC2(CC1)CC2Cn1c(C(N)=O)cc2cnccc21. The summed E-state index contributed by atoms with van der Waals surface area (Å²) in [5, 5.41) is 3.99. The van der Waals surface area contributed by atoms with Crippen LogP contribution in [0.25, 0.3) is 10.9 Å². The van der Waals surface area contributed by atoms with Crippen molar-refractivity contribution in [1.29, 1.82) is 0 Å². The number of carbonyl (C=O) groups excluding carboxylic acids is 2. The van der Waals surface area contributed by atoms with Gasteiger partial charge in [-0.1, -0.05) is 0 Å². The van der Waals surface area contributed by atoms with E-state index in [1.165, 1.54) is 0 Å². The van der Waals surface area contributed by atoms with Gasteiger partial charge in [0.25, 0.3) is 5.91 Å². The number of urea groups is 1. The van der Waals surface area contributed by atoms with E-state index in [4.69, 9.17) is 5.73 Å². The van der Waals surface area contributed by atoms with Crippen LogP contribution in [0.3, 0.4) is 0 Å². The van der Waals surface area contributed by atoms with Crippen molar-refractivity contribution in [1.82, 2.24) is 19.8 Å². The zero-order chi connectivity index (χ0) is 20.1. The molecule has 150 valence electrons. The number of carbonyl (C=O) groups is 2. The Labute approximate surface area is 165 Å². The van der Waals surface area contributed by atoms with Crippen molar-refractivity contribution in [3.63, 3.8) is 0 Å². The summed E-state index contributed by atoms with van der Waals surface area (Å²) in [5.41, 5.74) is 7.24. The zero-order valence-corrected chi connectivity index (χ0v) is 16.9. The molecule has 1 saturated heterocycles. The Kier molecular flexibility index (Phi) is 4.36. The van der Waals surface area contributed by atoms with Crippen LogP contribution in [0.4, 0.5) is 4.79 Å². The largest absolute Gasteiger partial charge is 0.364 e. The molecule has 3 amide bonds. The van der Waals surface area contributed by atoms with Crippen molar-refractivity contribution in [2.24, 2.45) is 17.1 Å². The first-order chi connectivity index (χ1) is 13.2. The Hall–Kier alpha value is -2.57. The van der Waals surface area contributed by atoms with Crippen molar-refractivity contribution in [3.8, 4) is 0 Å². The number of nitrogens with zero attached hydrogens (tertiary/aromatic N) is 3. The van der Waals surface area contributed by atoms with Gasteiger partial charge in [-0.05, 0) is 63.5 Å². The number of amides is 3. The van der Waals surface area contributed by atoms with Crippen LogP contribution < -0.4 is 11.1 Å². The molecule has 2 aromatic rings. The molecule has 3 N–H and O–H groups in total. The van der Waals surface area contributed by atoms with Gasteiger partial charge in [0.15, 0.2) is 0 Å². The molecular formula is C21H29N5O2. The van der Waals surface area contributed by atoms with Crippen LogP contribution in [0.5, 0.6) is 0 Å². The number of hydrogen-bond donors (Lipinski definition) is 2. The van der Waals surface area contributed by atoms with E-state index in [1.807, 2.05) is 37.8 Å². The molecule has 1 aliphatic carbocycles. The third-order valence-electron chi connectivity index (χ3n) is 6.24. The van der Waals surface area contributed by atoms with E-state index in [1.54, 1.807) is 12.4 Å². The van der Waals surface area contributed by atoms with E-state index in [0.29, 0.717) is 11.6 Å². The molecule has 1 unspecified atom stereocenters. The van der Waals surface area contributed by atoms with E-state index >= 15 is 0 Å². The third-order valence-corrected chi connectivity index (χ3v) is 6.24. The van der Waals surface area contributed by atoms with Gasteiger partial charge in [-0.3, -0.25) is 9.78 Å². The van der Waals surface area contributed by atoms with Gasteiger partial charge in [-0.2, -0.15) is 0 Å². The minimum absolute atomic E-state index is 0.0273. The first-order valence-electron chi connectivity index (χ1n) is 9.99. The first-order valence-corrected chi connectivity index (χ1v) is 9.99. The van der Waals surface area contributed by atoms with E-state index < -0.39 is 5.91 Å². The third kappa shape index (κ3) is 3.45. The fraction of sp³-hybridized carbons (Fsp3) is 0.571. The monoisotopic (exact) mass is 383 g/mol. The standard InChI is InChI=1S/C21H29N5O2/c1-20(2,3)24-19(28)25-8-5-21(6-9-25)11-15(21)13-26-16-4-7-23-12-14(16)10-17(26)18(22)27/h4,7,10,12,15H,5-6,8-9,11,13H2,1-3H3,(H2,22,27)(H,24,28). The lowest BCUT2D eigenvalue weighted by Crippen LogP contribution is -2.51. The molecule has 28 heavy (non-hydrogen) atoms. The maximum Gasteiger partial charge on any atom is 0.317 e. The Morgan fingerprint density at radius 3 is 2.68 bits per heavy atom. The minimum Gasteiger partial charge on any atom is -0.364 e. The number of fused-ring (bicyclic) bond motifs is 1. The molecule has 3 heterocycles. The quantitative estimate of drug-likeness (QED) is 0.853. The highest BCUT2D eigenvalue weighted by Crippen LogP contribution is 2.60. The van der Waals surface area contributed by atoms with Gasteiger partial charge in [-0.25, -0.2) is 4.79 Å². The number of aromatic nitrogens is 2. The molecule has 0 radical (unpaired) electrons. The van der Waals surface area contributed by atoms with Crippen molar-refractivity contribution in [2.75, 3.05) is 13.1 Å². The number of rotatable bonds is 3. The van der Waals surface area contributed by atoms with E-state index in [2.05, 4.69) is 14.9 Å². The van der Waals surface area contributed by atoms with E-state index in [9.17, 15) is 9.59 Å². The molecule has 7 heteroatoms. The van der Waals surface area contributed by atoms with Gasteiger partial charge in [0.05, 0.1) is 5.52 Å². The molecule has 1 spiro atoms. The van der Waals surface area contributed by atoms with Crippen molar-refractivity contribution in [3.05, 3.63) is 30.2 Å². The summed E-state index contributed by atoms with van der Waals surface area (Å²) < 4.78 is 2.05. The molecule has 1 atom stereocenters. The maximum absolute atomic E-state index is 12.4. The van der Waals surface area contributed by atoms with Gasteiger partial charge >= 0.3 is 6.03 Å². The number of nitrogens with two attached hydrogens (primary N) is 1. The second-order valence-electron chi connectivity index (χ2n) is 9.37. The van der Waals surface area contributed by atoms with Crippen LogP contribution in [-0.2, 0) is 6.54 Å². The number of primary amides is 1. The average molecular weight is 383 g/mol. The van der Waals surface area contributed by atoms with Crippen LogP contribution >= 0.6 is 0 Å². The van der Waals surface area contributed by atoms with Crippen molar-refractivity contribution >= 4 is 22.8 Å². The second-order valence-corrected chi connectivity index (χ2v) is 9.37. The first kappa shape index (κ1) is 18.8. The molecule has 2 fully saturated rings. The van der Waals surface area contributed by atoms with Gasteiger partial charge in [0.2, 0.25) is 0 Å². The maximum atomic E-state index is 12.4. The van der Waals surface area contributed by atoms with Gasteiger partial charge < -0.3 is 20.5 Å². The summed E-state index contributed by atoms with van der Waals surface area (Å²) in [7, 11) is 0. The molecule has 1 aliphatic heterocycles. The second kappa shape index (κ2) is 6.50. The van der Waals surface area contributed by atoms with Gasteiger partial charge in [-0.15, -0.1) is 0 Å². The molecule has 0 aromatic carbocycles. The molecule has 2 aliphatic rings. The average Bonchev–Trinajstić information content (AvgIpc) is 3.13. The minimum atomic E-state index is -0.403. The summed E-state index contributed by atoms with van der Waals surface area (Å²) in [6, 6.07) is 3.80. The molecule has 4 rings (SSSR count). The topological polar surface area (TPSA) is 93.3 Å². The van der Waals surface area contributed by atoms with Crippen LogP contribution in [-0.4, -0.2) is 45.0 Å². The van der Waals surface area contributed by atoms with Crippen LogP contribution in [0.1, 0.15) is 50.5 Å². The summed E-state index contributed by atoms with van der Waals surface area (Å²) >= 11 is 0. The highest BCUT2D eigenvalue weighted by Gasteiger charge is 2.55. The lowest BCUT2D eigenvalue weighted by atomic mass is 9.91. The summed E-state index contributed by atoms with van der Waals surface area (Å²) in [6.07, 6.45) is 6.69. The summed E-state index contributed by atoms with van der Waals surface area (Å²) in [6.45, 7) is 8.37. The van der Waals surface area contributed by atoms with Crippen molar-refractivity contribution in [2.45, 2.75) is 52.1 Å². The molecule has 7 nitrogen and oxygen atoms in total. The van der Waals surface area contributed by atoms with Gasteiger partial charge in [0.1, 0.15) is 5.69 Å². The fourth-order valence-electron chi connectivity index (χ4n) is 4.59. The van der Waals surface area contributed by atoms with E-state index in [0.717, 1.165) is 49.8 Å². The highest BCUT2D eigenvalue weighted by molar-refractivity contribution is 5.97. The van der Waals surface area contributed by atoms with Crippen LogP contribution in [0.2, 0.25) is 0 Å². The molecule has 2 aromatic heterocycles. The summed E-state index contributed by atoms with van der Waals surface area (Å²) in [5.74, 6) is 0.113. The van der Waals surface area contributed by atoms with Crippen LogP contribution in [0.15, 0.2) is 24.5 Å². The lowest BCUT2D eigenvalue weighted by Gasteiger charge is -2.35. The van der Waals surface area contributed by atoms with Crippen molar-refractivity contribution < 1.29 is 9.59 Å². The molecular weight excluding hydrogens is 354 g/mol. The smallest absolute Gasteiger partial charge is 0.317 e. The van der Waals surface area contributed by atoms with E-state index in [-0.39, 0.29) is 17.0 Å². The number of piperidine rings is 1. The van der Waals surface area contributed by atoms with Crippen LogP contribution in [0, 0.1) is 11.3 Å². The normalized spacial score (nSPS) is 21.1. The Morgan fingerprint density at radius 1 is 1.32 bits per heavy atom. The highest BCUT2D eigenvalue weighted by atomic mass is 16.2. The molecule has 1 saturated carbocycles. The predicted molar refractivity (Wildman–Crippen MR) is 108 cm³/mol. The number of hydrogen-bond acceptors (Lipinski definition) is 3. The summed E-state index contributed by atoms with van der Waals surface area (Å²) in [4.78, 5) is 30.4. The molecule has 0 bridgehead atoms. The Morgan fingerprint density at radius 2 is 2.04 bits per heavy atom. The number of nitrogens with one attached hydrogen (secondary N) is 1. The van der Waals surface area contributed by atoms with Gasteiger partial charge in [0, 0.05) is 43.0 Å². The number of likely N-dealkylation sites (tertiary alicyclic amines) is 1.